The summed E-state index contributed by atoms with van der Waals surface area (Å²) in [5, 5.41) is 0. The molecule has 0 radical (unpaired) electrons. The van der Waals surface area contributed by atoms with E-state index in [9.17, 15) is 9.59 Å². The Kier molecular flexibility index (Phi) is 3.26. The minimum atomic E-state index is -0.124. The SMILES string of the molecule is CC1(C)CC(=O)c2c(nc3c(c2-c2ccccc2)C(=O)c2ccccc2-3)C1. The van der Waals surface area contributed by atoms with Crippen LogP contribution in [0.4, 0.5) is 0 Å². The fourth-order valence-electron chi connectivity index (χ4n) is 4.43. The van der Waals surface area contributed by atoms with E-state index in [1.807, 2.05) is 54.6 Å². The number of ketones is 2. The van der Waals surface area contributed by atoms with Gasteiger partial charge in [-0.1, -0.05) is 68.4 Å². The lowest BCUT2D eigenvalue weighted by Gasteiger charge is -2.31. The number of benzene rings is 2. The highest BCUT2D eigenvalue weighted by Crippen LogP contribution is 2.46. The second kappa shape index (κ2) is 5.46. The number of hydrogen-bond acceptors (Lipinski definition) is 3. The minimum absolute atomic E-state index is 0.0348. The van der Waals surface area contributed by atoms with Crippen LogP contribution in [0.2, 0.25) is 0 Å². The number of Topliss-reactive ketones (excluding diaryl/α,β-unsaturated/α-hetero) is 1. The van der Waals surface area contributed by atoms with Crippen LogP contribution in [-0.2, 0) is 6.42 Å². The third-order valence-electron chi connectivity index (χ3n) is 5.55. The molecule has 0 fully saturated rings. The topological polar surface area (TPSA) is 47.0 Å². The number of hydrogen-bond donors (Lipinski definition) is 0. The molecule has 1 heterocycles. The molecule has 0 saturated heterocycles. The summed E-state index contributed by atoms with van der Waals surface area (Å²) < 4.78 is 0. The lowest BCUT2D eigenvalue weighted by Crippen LogP contribution is -2.29. The first kappa shape index (κ1) is 16.1. The number of fused-ring (bicyclic) bond motifs is 4. The Labute approximate surface area is 158 Å². The van der Waals surface area contributed by atoms with Crippen molar-refractivity contribution in [3.63, 3.8) is 0 Å². The van der Waals surface area contributed by atoms with E-state index >= 15 is 0 Å². The van der Waals surface area contributed by atoms with E-state index < -0.39 is 0 Å². The monoisotopic (exact) mass is 353 g/mol. The largest absolute Gasteiger partial charge is 0.294 e. The van der Waals surface area contributed by atoms with Crippen molar-refractivity contribution in [3.8, 4) is 22.4 Å². The summed E-state index contributed by atoms with van der Waals surface area (Å²) in [5.74, 6) is 0.0477. The minimum Gasteiger partial charge on any atom is -0.294 e. The van der Waals surface area contributed by atoms with Crippen LogP contribution in [0.3, 0.4) is 0 Å². The normalized spacial score (nSPS) is 16.7. The Balaban J connectivity index is 1.91. The Hall–Kier alpha value is -3.07. The predicted octanol–water partition coefficient (Wildman–Crippen LogP) is 5.12. The Morgan fingerprint density at radius 3 is 2.19 bits per heavy atom. The van der Waals surface area contributed by atoms with Gasteiger partial charge in [-0.25, -0.2) is 0 Å². The van der Waals surface area contributed by atoms with Crippen LogP contribution < -0.4 is 0 Å². The summed E-state index contributed by atoms with van der Waals surface area (Å²) in [4.78, 5) is 31.3. The standard InChI is InChI=1S/C24H19NO2/c1-24(2)12-17-20(18(26)13-24)19(14-8-4-3-5-9-14)21-22(25-17)15-10-6-7-11-16(15)23(21)27/h3-11H,12-13H2,1-2H3. The van der Waals surface area contributed by atoms with E-state index in [4.69, 9.17) is 4.98 Å². The van der Waals surface area contributed by atoms with Gasteiger partial charge in [0.2, 0.25) is 0 Å². The Morgan fingerprint density at radius 1 is 0.778 bits per heavy atom. The number of nitrogens with zero attached hydrogens (tertiary/aromatic N) is 1. The van der Waals surface area contributed by atoms with Gasteiger partial charge < -0.3 is 0 Å². The molecule has 2 aliphatic rings. The first-order valence-electron chi connectivity index (χ1n) is 9.26. The average Bonchev–Trinajstić information content (AvgIpc) is 2.92. The fourth-order valence-corrected chi connectivity index (χ4v) is 4.43. The third kappa shape index (κ3) is 2.31. The lowest BCUT2D eigenvalue weighted by atomic mass is 9.73. The van der Waals surface area contributed by atoms with Gasteiger partial charge in [0.15, 0.2) is 11.6 Å². The van der Waals surface area contributed by atoms with E-state index in [-0.39, 0.29) is 17.0 Å². The van der Waals surface area contributed by atoms with Crippen LogP contribution in [0.5, 0.6) is 0 Å². The predicted molar refractivity (Wildman–Crippen MR) is 105 cm³/mol. The molecule has 3 aromatic rings. The quantitative estimate of drug-likeness (QED) is 0.477. The van der Waals surface area contributed by atoms with Crippen molar-refractivity contribution in [3.05, 3.63) is 77.0 Å². The molecule has 0 aliphatic heterocycles. The van der Waals surface area contributed by atoms with Crippen LogP contribution in [-0.4, -0.2) is 16.6 Å². The second-order valence-electron chi connectivity index (χ2n) is 8.21. The zero-order valence-electron chi connectivity index (χ0n) is 15.4. The van der Waals surface area contributed by atoms with Crippen LogP contribution in [0, 0.1) is 5.41 Å². The fraction of sp³-hybridized carbons (Fsp3) is 0.208. The van der Waals surface area contributed by atoms with Crippen molar-refractivity contribution in [2.45, 2.75) is 26.7 Å². The molecule has 0 spiro atoms. The molecule has 2 aromatic carbocycles. The molecule has 27 heavy (non-hydrogen) atoms. The number of carbonyl (C=O) groups excluding carboxylic acids is 2. The van der Waals surface area contributed by atoms with Gasteiger partial charge >= 0.3 is 0 Å². The van der Waals surface area contributed by atoms with E-state index in [0.717, 1.165) is 34.5 Å². The highest BCUT2D eigenvalue weighted by atomic mass is 16.1. The van der Waals surface area contributed by atoms with Gasteiger partial charge in [0.05, 0.1) is 17.0 Å². The molecule has 3 nitrogen and oxygen atoms in total. The number of aromatic nitrogens is 1. The Bertz CT molecular complexity index is 1130. The lowest BCUT2D eigenvalue weighted by molar-refractivity contribution is 0.0911. The van der Waals surface area contributed by atoms with Crippen molar-refractivity contribution in [1.29, 1.82) is 0 Å². The van der Waals surface area contributed by atoms with Crippen molar-refractivity contribution >= 4 is 11.6 Å². The second-order valence-corrected chi connectivity index (χ2v) is 8.21. The van der Waals surface area contributed by atoms with Gasteiger partial charge in [-0.05, 0) is 17.4 Å². The molecular weight excluding hydrogens is 334 g/mol. The number of rotatable bonds is 1. The van der Waals surface area contributed by atoms with Gasteiger partial charge in [0.25, 0.3) is 0 Å². The molecule has 0 amide bonds. The van der Waals surface area contributed by atoms with Crippen LogP contribution in [0.1, 0.15) is 52.2 Å². The van der Waals surface area contributed by atoms with E-state index in [0.29, 0.717) is 23.1 Å². The summed E-state index contributed by atoms with van der Waals surface area (Å²) in [6.45, 7) is 4.20. The molecule has 3 heteroatoms. The molecule has 1 aromatic heterocycles. The first-order valence-corrected chi connectivity index (χ1v) is 9.26. The summed E-state index contributed by atoms with van der Waals surface area (Å²) in [6.07, 6.45) is 1.21. The smallest absolute Gasteiger partial charge is 0.196 e. The molecule has 0 atom stereocenters. The molecule has 0 saturated carbocycles. The highest BCUT2D eigenvalue weighted by molar-refractivity contribution is 6.26. The number of pyridine rings is 1. The van der Waals surface area contributed by atoms with Gasteiger partial charge in [-0.2, -0.15) is 0 Å². The van der Waals surface area contributed by atoms with Crippen molar-refractivity contribution in [1.82, 2.24) is 4.98 Å². The van der Waals surface area contributed by atoms with Crippen LogP contribution in [0.25, 0.3) is 22.4 Å². The van der Waals surface area contributed by atoms with Gasteiger partial charge in [-0.3, -0.25) is 14.6 Å². The summed E-state index contributed by atoms with van der Waals surface area (Å²) in [5.41, 5.74) is 5.84. The molecule has 0 unspecified atom stereocenters. The van der Waals surface area contributed by atoms with E-state index in [1.165, 1.54) is 0 Å². The van der Waals surface area contributed by atoms with Crippen LogP contribution in [0.15, 0.2) is 54.6 Å². The molecule has 5 rings (SSSR count). The maximum Gasteiger partial charge on any atom is 0.196 e. The summed E-state index contributed by atoms with van der Waals surface area (Å²) >= 11 is 0. The average molecular weight is 353 g/mol. The zero-order valence-corrected chi connectivity index (χ0v) is 15.4. The van der Waals surface area contributed by atoms with E-state index in [2.05, 4.69) is 13.8 Å². The summed E-state index contributed by atoms with van der Waals surface area (Å²) in [6, 6.07) is 17.4. The molecule has 0 N–H and O–H groups in total. The van der Waals surface area contributed by atoms with Crippen molar-refractivity contribution in [2.75, 3.05) is 0 Å². The first-order chi connectivity index (χ1) is 13.0. The summed E-state index contributed by atoms with van der Waals surface area (Å²) in [7, 11) is 0. The van der Waals surface area contributed by atoms with E-state index in [1.54, 1.807) is 0 Å². The molecule has 2 aliphatic carbocycles. The maximum absolute atomic E-state index is 13.3. The number of carbonyl (C=O) groups is 2. The van der Waals surface area contributed by atoms with Gasteiger partial charge in [0, 0.05) is 28.7 Å². The molecule has 0 bridgehead atoms. The molecule has 132 valence electrons. The van der Waals surface area contributed by atoms with Crippen molar-refractivity contribution in [2.24, 2.45) is 5.41 Å². The third-order valence-corrected chi connectivity index (χ3v) is 5.55. The zero-order chi connectivity index (χ0) is 18.8. The molecular formula is C24H19NO2. The maximum atomic E-state index is 13.3. The van der Waals surface area contributed by atoms with Crippen molar-refractivity contribution < 1.29 is 9.59 Å². The Morgan fingerprint density at radius 2 is 1.44 bits per heavy atom. The van der Waals surface area contributed by atoms with Gasteiger partial charge in [-0.15, -0.1) is 0 Å². The van der Waals surface area contributed by atoms with Crippen LogP contribution >= 0.6 is 0 Å². The highest BCUT2D eigenvalue weighted by Gasteiger charge is 2.39. The van der Waals surface area contributed by atoms with Gasteiger partial charge in [0.1, 0.15) is 0 Å².